The number of ether oxygens (including phenoxy) is 1. The topological polar surface area (TPSA) is 34.1 Å². The fourth-order valence-electron chi connectivity index (χ4n) is 1.84. The summed E-state index contributed by atoms with van der Waals surface area (Å²) in [5.41, 5.74) is 0.623. The average Bonchev–Trinajstić information content (AvgIpc) is 3.27. The van der Waals surface area contributed by atoms with Crippen LogP contribution in [0.25, 0.3) is 0 Å². The van der Waals surface area contributed by atoms with Crippen molar-refractivity contribution in [3.05, 3.63) is 52.7 Å². The number of rotatable bonds is 5. The third kappa shape index (κ3) is 3.68. The highest BCUT2D eigenvalue weighted by molar-refractivity contribution is 6.31. The summed E-state index contributed by atoms with van der Waals surface area (Å²) in [6.45, 7) is 0.520. The second-order valence-electron chi connectivity index (χ2n) is 4.91. The summed E-state index contributed by atoms with van der Waals surface area (Å²) in [5, 5.41) is 3.80. The molecule has 6 heteroatoms. The fraction of sp³-hybridized carbons (Fsp3) is 0.267. The van der Waals surface area contributed by atoms with Crippen molar-refractivity contribution in [3.63, 3.8) is 0 Å². The SMILES string of the molecule is Fc1ccc(F)c(Oc2ccc(Cl)c(CNC3CC3)n2)c1. The maximum atomic E-state index is 13.5. The minimum absolute atomic E-state index is 0.177. The molecule has 0 aliphatic heterocycles. The van der Waals surface area contributed by atoms with Gasteiger partial charge in [-0.05, 0) is 31.0 Å². The molecule has 1 aliphatic rings. The number of hydrogen-bond donors (Lipinski definition) is 1. The third-order valence-electron chi connectivity index (χ3n) is 3.14. The molecule has 0 amide bonds. The standard InChI is InChI=1S/C15H13ClF2N2O/c16-11-4-6-15(20-13(11)8-19-10-2-3-10)21-14-7-9(17)1-5-12(14)18/h1,4-7,10,19H,2-3,8H2. The Morgan fingerprint density at radius 1 is 1.24 bits per heavy atom. The van der Waals surface area contributed by atoms with E-state index in [1.165, 1.54) is 6.07 Å². The Bertz CT molecular complexity index is 662. The van der Waals surface area contributed by atoms with Crippen molar-refractivity contribution in [2.45, 2.75) is 25.4 Å². The maximum Gasteiger partial charge on any atom is 0.219 e. The van der Waals surface area contributed by atoms with Gasteiger partial charge in [0.05, 0.1) is 10.7 Å². The Labute approximate surface area is 125 Å². The van der Waals surface area contributed by atoms with Gasteiger partial charge in [-0.2, -0.15) is 0 Å². The molecule has 110 valence electrons. The van der Waals surface area contributed by atoms with Crippen molar-refractivity contribution >= 4 is 11.6 Å². The lowest BCUT2D eigenvalue weighted by atomic mass is 10.3. The van der Waals surface area contributed by atoms with E-state index < -0.39 is 11.6 Å². The monoisotopic (exact) mass is 310 g/mol. The van der Waals surface area contributed by atoms with E-state index in [2.05, 4.69) is 10.3 Å². The Morgan fingerprint density at radius 2 is 2.05 bits per heavy atom. The normalized spacial score (nSPS) is 14.2. The van der Waals surface area contributed by atoms with Gasteiger partial charge in [0.25, 0.3) is 0 Å². The number of pyridine rings is 1. The molecule has 0 unspecified atom stereocenters. The van der Waals surface area contributed by atoms with E-state index in [-0.39, 0.29) is 11.6 Å². The van der Waals surface area contributed by atoms with Crippen LogP contribution in [0, 0.1) is 11.6 Å². The summed E-state index contributed by atoms with van der Waals surface area (Å²) in [5.74, 6) is -1.25. The van der Waals surface area contributed by atoms with E-state index in [0.29, 0.717) is 23.3 Å². The van der Waals surface area contributed by atoms with E-state index in [1.54, 1.807) is 6.07 Å². The summed E-state index contributed by atoms with van der Waals surface area (Å²) >= 11 is 6.07. The molecule has 0 radical (unpaired) electrons. The Balaban J connectivity index is 1.78. The minimum atomic E-state index is -0.647. The number of halogens is 3. The first-order valence-electron chi connectivity index (χ1n) is 6.63. The number of benzene rings is 1. The lowest BCUT2D eigenvalue weighted by Gasteiger charge is -2.09. The van der Waals surface area contributed by atoms with E-state index in [4.69, 9.17) is 16.3 Å². The van der Waals surface area contributed by atoms with Crippen molar-refractivity contribution < 1.29 is 13.5 Å². The molecule has 21 heavy (non-hydrogen) atoms. The van der Waals surface area contributed by atoms with Crippen LogP contribution in [0.4, 0.5) is 8.78 Å². The van der Waals surface area contributed by atoms with Gasteiger partial charge in [0.1, 0.15) is 5.82 Å². The van der Waals surface area contributed by atoms with E-state index in [0.717, 1.165) is 31.0 Å². The van der Waals surface area contributed by atoms with Crippen LogP contribution in [-0.2, 0) is 6.54 Å². The molecule has 1 heterocycles. The van der Waals surface area contributed by atoms with Crippen molar-refractivity contribution in [2.75, 3.05) is 0 Å². The maximum absolute atomic E-state index is 13.5. The molecule has 1 N–H and O–H groups in total. The molecule has 1 aromatic carbocycles. The van der Waals surface area contributed by atoms with Gasteiger partial charge >= 0.3 is 0 Å². The smallest absolute Gasteiger partial charge is 0.219 e. The average molecular weight is 311 g/mol. The van der Waals surface area contributed by atoms with Crippen LogP contribution < -0.4 is 10.1 Å². The van der Waals surface area contributed by atoms with E-state index >= 15 is 0 Å². The lowest BCUT2D eigenvalue weighted by Crippen LogP contribution is -2.16. The second kappa shape index (κ2) is 5.95. The van der Waals surface area contributed by atoms with Gasteiger partial charge in [-0.3, -0.25) is 0 Å². The van der Waals surface area contributed by atoms with E-state index in [1.807, 2.05) is 0 Å². The molecule has 0 bridgehead atoms. The van der Waals surface area contributed by atoms with Gasteiger partial charge in [-0.25, -0.2) is 13.8 Å². The molecular formula is C15H13ClF2N2O. The van der Waals surface area contributed by atoms with Crippen LogP contribution in [0.5, 0.6) is 11.6 Å². The van der Waals surface area contributed by atoms with Gasteiger partial charge in [0.2, 0.25) is 5.88 Å². The van der Waals surface area contributed by atoms with Gasteiger partial charge in [-0.1, -0.05) is 11.6 Å². The van der Waals surface area contributed by atoms with Crippen LogP contribution in [0.15, 0.2) is 30.3 Å². The molecule has 1 aromatic heterocycles. The van der Waals surface area contributed by atoms with Crippen LogP contribution in [0.2, 0.25) is 5.02 Å². The molecule has 0 atom stereocenters. The summed E-state index contributed by atoms with van der Waals surface area (Å²) in [6, 6.07) is 6.69. The van der Waals surface area contributed by atoms with Gasteiger partial charge in [-0.15, -0.1) is 0 Å². The molecule has 1 fully saturated rings. The first kappa shape index (κ1) is 14.2. The van der Waals surface area contributed by atoms with Crippen LogP contribution in [-0.4, -0.2) is 11.0 Å². The minimum Gasteiger partial charge on any atom is -0.436 e. The first-order valence-corrected chi connectivity index (χ1v) is 7.01. The predicted molar refractivity (Wildman–Crippen MR) is 75.5 cm³/mol. The number of nitrogens with zero attached hydrogens (tertiary/aromatic N) is 1. The third-order valence-corrected chi connectivity index (χ3v) is 3.48. The zero-order valence-corrected chi connectivity index (χ0v) is 11.8. The highest BCUT2D eigenvalue weighted by Gasteiger charge is 2.21. The van der Waals surface area contributed by atoms with Crippen LogP contribution >= 0.6 is 11.6 Å². The van der Waals surface area contributed by atoms with Crippen molar-refractivity contribution in [1.82, 2.24) is 10.3 Å². The Hall–Kier alpha value is -1.72. The zero-order chi connectivity index (χ0) is 14.8. The van der Waals surface area contributed by atoms with E-state index in [9.17, 15) is 8.78 Å². The predicted octanol–water partition coefficient (Wildman–Crippen LogP) is 4.06. The van der Waals surface area contributed by atoms with Gasteiger partial charge < -0.3 is 10.1 Å². The molecule has 0 spiro atoms. The molecule has 2 aromatic rings. The molecule has 0 saturated heterocycles. The van der Waals surface area contributed by atoms with Crippen molar-refractivity contribution in [2.24, 2.45) is 0 Å². The number of hydrogen-bond acceptors (Lipinski definition) is 3. The summed E-state index contributed by atoms with van der Waals surface area (Å²) < 4.78 is 31.9. The molecule has 3 nitrogen and oxygen atoms in total. The van der Waals surface area contributed by atoms with Crippen LogP contribution in [0.1, 0.15) is 18.5 Å². The Kier molecular flexibility index (Phi) is 4.03. The summed E-state index contributed by atoms with van der Waals surface area (Å²) in [4.78, 5) is 4.23. The first-order chi connectivity index (χ1) is 10.1. The highest BCUT2D eigenvalue weighted by atomic mass is 35.5. The number of aromatic nitrogens is 1. The summed E-state index contributed by atoms with van der Waals surface area (Å²) in [7, 11) is 0. The van der Waals surface area contributed by atoms with Crippen molar-refractivity contribution in [3.8, 4) is 11.6 Å². The molecule has 1 aliphatic carbocycles. The number of nitrogens with one attached hydrogen (secondary N) is 1. The van der Waals surface area contributed by atoms with Crippen LogP contribution in [0.3, 0.4) is 0 Å². The fourth-order valence-corrected chi connectivity index (χ4v) is 2.01. The quantitative estimate of drug-likeness (QED) is 0.904. The molecular weight excluding hydrogens is 298 g/mol. The highest BCUT2D eigenvalue weighted by Crippen LogP contribution is 2.26. The summed E-state index contributed by atoms with van der Waals surface area (Å²) in [6.07, 6.45) is 2.31. The largest absolute Gasteiger partial charge is 0.436 e. The lowest BCUT2D eigenvalue weighted by molar-refractivity contribution is 0.420. The van der Waals surface area contributed by atoms with Gasteiger partial charge in [0, 0.05) is 24.7 Å². The van der Waals surface area contributed by atoms with Gasteiger partial charge in [0.15, 0.2) is 11.6 Å². The molecule has 3 rings (SSSR count). The zero-order valence-electron chi connectivity index (χ0n) is 11.1. The van der Waals surface area contributed by atoms with Crippen molar-refractivity contribution in [1.29, 1.82) is 0 Å². The Morgan fingerprint density at radius 3 is 2.81 bits per heavy atom. The molecule has 1 saturated carbocycles. The second-order valence-corrected chi connectivity index (χ2v) is 5.32.